The number of hydrogen-bond acceptors (Lipinski definition) is 9. The van der Waals surface area contributed by atoms with E-state index < -0.39 is 57.7 Å². The van der Waals surface area contributed by atoms with Crippen LogP contribution in [0.3, 0.4) is 0 Å². The molecule has 10 nitrogen and oxygen atoms in total. The van der Waals surface area contributed by atoms with E-state index in [2.05, 4.69) is 4.98 Å². The third-order valence-corrected chi connectivity index (χ3v) is 10.4. The zero-order chi connectivity index (χ0) is 37.8. The molecule has 2 fully saturated rings. The number of aliphatic hydroxyl groups is 1. The minimum atomic E-state index is -4.95. The minimum absolute atomic E-state index is 0.00238. The van der Waals surface area contributed by atoms with Gasteiger partial charge in [-0.15, -0.1) is 11.3 Å². The summed E-state index contributed by atoms with van der Waals surface area (Å²) in [6, 6.07) is 7.48. The van der Waals surface area contributed by atoms with Crippen molar-refractivity contribution in [2.75, 3.05) is 57.4 Å². The van der Waals surface area contributed by atoms with Crippen molar-refractivity contribution in [2.24, 2.45) is 0 Å². The summed E-state index contributed by atoms with van der Waals surface area (Å²) in [5.74, 6) is -1.87. The molecule has 0 radical (unpaired) electrons. The second kappa shape index (κ2) is 15.8. The van der Waals surface area contributed by atoms with Gasteiger partial charge in [-0.05, 0) is 43.9 Å². The van der Waals surface area contributed by atoms with Crippen LogP contribution in [0.15, 0.2) is 60.1 Å². The third-order valence-electron chi connectivity index (χ3n) is 9.48. The Morgan fingerprint density at radius 3 is 2.51 bits per heavy atom. The van der Waals surface area contributed by atoms with E-state index in [0.717, 1.165) is 28.2 Å². The van der Waals surface area contributed by atoms with Crippen molar-refractivity contribution in [2.45, 2.75) is 56.1 Å². The van der Waals surface area contributed by atoms with E-state index in [1.54, 1.807) is 24.3 Å². The summed E-state index contributed by atoms with van der Waals surface area (Å²) < 4.78 is 102. The van der Waals surface area contributed by atoms with Crippen molar-refractivity contribution in [3.8, 4) is 17.4 Å². The zero-order valence-electron chi connectivity index (χ0n) is 28.5. The van der Waals surface area contributed by atoms with E-state index in [-0.39, 0.29) is 64.5 Å². The Morgan fingerprint density at radius 1 is 1.02 bits per heavy atom. The number of amides is 2. The lowest BCUT2D eigenvalue weighted by atomic mass is 9.80. The maximum absolute atomic E-state index is 15.0. The van der Waals surface area contributed by atoms with Crippen LogP contribution in [0.5, 0.6) is 17.4 Å². The SMILES string of the molecule is O=C1c2c(C(F)(F)F)ccnc2OCCCC=CC[C@H]2N1CCC[C@@]2(Oc1csc(C(F)(F)F)c1)C(=O)N1CCN(c2ccccc2OCCO)CC1. The summed E-state index contributed by atoms with van der Waals surface area (Å²) in [5, 5.41) is 10.4. The fourth-order valence-corrected chi connectivity index (χ4v) is 7.73. The highest BCUT2D eigenvalue weighted by Gasteiger charge is 2.56. The molecule has 2 saturated heterocycles. The maximum Gasteiger partial charge on any atom is 0.425 e. The first-order chi connectivity index (χ1) is 25.3. The zero-order valence-corrected chi connectivity index (χ0v) is 29.3. The molecule has 0 bridgehead atoms. The van der Waals surface area contributed by atoms with Gasteiger partial charge in [0.1, 0.15) is 28.5 Å². The van der Waals surface area contributed by atoms with Crippen molar-refractivity contribution in [1.29, 1.82) is 0 Å². The summed E-state index contributed by atoms with van der Waals surface area (Å²) in [6.45, 7) is 0.809. The molecule has 1 aromatic carbocycles. The predicted octanol–water partition coefficient (Wildman–Crippen LogP) is 6.44. The topological polar surface area (TPSA) is 105 Å². The molecule has 3 aliphatic rings. The van der Waals surface area contributed by atoms with Crippen LogP contribution in [-0.4, -0.2) is 95.9 Å². The third kappa shape index (κ3) is 8.20. The highest BCUT2D eigenvalue weighted by atomic mass is 32.1. The number of hydrogen-bond donors (Lipinski definition) is 1. The molecule has 17 heteroatoms. The van der Waals surface area contributed by atoms with Gasteiger partial charge < -0.3 is 34.0 Å². The number of piperidine rings is 1. The standard InChI is InChI=1S/C36H38F6N4O6S/c37-35(38,39)25-11-13-43-31-30(25)32(48)46-14-7-12-34(28(46)10-3-1-2-6-20-51-31,52-24-22-29(53-23-24)36(40,41)42)33(49)45-17-15-44(16-18-45)26-8-4-5-9-27(26)50-21-19-47/h1,3-5,8-9,11,13,22-23,28,47H,2,6-7,10,12,14-21H2/t28-,34+/m1/s1. The molecule has 286 valence electrons. The van der Waals surface area contributed by atoms with Gasteiger partial charge >= 0.3 is 12.4 Å². The number of alkyl halides is 6. The van der Waals surface area contributed by atoms with Crippen molar-refractivity contribution in [3.63, 3.8) is 0 Å². The van der Waals surface area contributed by atoms with Crippen LogP contribution in [0.2, 0.25) is 0 Å². The van der Waals surface area contributed by atoms with Crippen molar-refractivity contribution in [3.05, 3.63) is 76.1 Å². The maximum atomic E-state index is 15.0. The number of fused-ring (bicyclic) bond motifs is 2. The van der Waals surface area contributed by atoms with Crippen LogP contribution in [0.25, 0.3) is 0 Å². The summed E-state index contributed by atoms with van der Waals surface area (Å²) >= 11 is 0.386. The molecular weight excluding hydrogens is 730 g/mol. The second-order valence-electron chi connectivity index (χ2n) is 12.8. The lowest BCUT2D eigenvalue weighted by Crippen LogP contribution is -2.69. The fourth-order valence-electron chi connectivity index (χ4n) is 7.06. The van der Waals surface area contributed by atoms with Crippen LogP contribution in [0.1, 0.15) is 52.9 Å². The first-order valence-electron chi connectivity index (χ1n) is 17.2. The molecule has 53 heavy (non-hydrogen) atoms. The van der Waals surface area contributed by atoms with Gasteiger partial charge in [-0.2, -0.15) is 26.3 Å². The number of carbonyl (C=O) groups excluding carboxylic acids is 2. The minimum Gasteiger partial charge on any atom is -0.489 e. The molecule has 0 spiro atoms. The van der Waals surface area contributed by atoms with Crippen LogP contribution in [0.4, 0.5) is 32.0 Å². The van der Waals surface area contributed by atoms with Gasteiger partial charge in [0.2, 0.25) is 11.5 Å². The number of aromatic nitrogens is 1. The quantitative estimate of drug-likeness (QED) is 0.217. The second-order valence-corrected chi connectivity index (χ2v) is 13.7. The number of piperazine rings is 1. The molecule has 3 aliphatic heterocycles. The summed E-state index contributed by atoms with van der Waals surface area (Å²) in [6.07, 6.45) is -4.30. The Hall–Kier alpha value is -4.51. The van der Waals surface area contributed by atoms with E-state index >= 15 is 0 Å². The lowest BCUT2D eigenvalue weighted by molar-refractivity contribution is -0.159. The smallest absolute Gasteiger partial charge is 0.425 e. The fraction of sp³-hybridized carbons (Fsp3) is 0.472. The first-order valence-corrected chi connectivity index (χ1v) is 18.1. The molecule has 2 atom stereocenters. The highest BCUT2D eigenvalue weighted by Crippen LogP contribution is 2.44. The van der Waals surface area contributed by atoms with Crippen molar-refractivity contribution in [1.82, 2.24) is 14.8 Å². The Bertz CT molecular complexity index is 1790. The monoisotopic (exact) mass is 768 g/mol. The lowest BCUT2D eigenvalue weighted by Gasteiger charge is -2.50. The van der Waals surface area contributed by atoms with Crippen LogP contribution in [0, 0.1) is 0 Å². The number of ether oxygens (including phenoxy) is 3. The van der Waals surface area contributed by atoms with Crippen molar-refractivity contribution >= 4 is 28.8 Å². The van der Waals surface area contributed by atoms with Gasteiger partial charge in [0.05, 0.1) is 30.5 Å². The van der Waals surface area contributed by atoms with Crippen LogP contribution >= 0.6 is 11.3 Å². The molecule has 3 aromatic rings. The number of rotatable bonds is 7. The average Bonchev–Trinajstić information content (AvgIpc) is 3.62. The number of aliphatic hydroxyl groups excluding tert-OH is 1. The molecular formula is C36H38F6N4O6S. The van der Waals surface area contributed by atoms with Gasteiger partial charge in [-0.25, -0.2) is 4.98 Å². The number of allylic oxidation sites excluding steroid dienone is 1. The number of para-hydroxylation sites is 2. The van der Waals surface area contributed by atoms with Gasteiger partial charge in [0.25, 0.3) is 11.8 Å². The van der Waals surface area contributed by atoms with Gasteiger partial charge in [0.15, 0.2) is 0 Å². The molecule has 2 aromatic heterocycles. The Balaban J connectivity index is 1.40. The predicted molar refractivity (Wildman–Crippen MR) is 182 cm³/mol. The Kier molecular flexibility index (Phi) is 11.4. The van der Waals surface area contributed by atoms with Gasteiger partial charge in [0, 0.05) is 56.8 Å². The molecule has 6 rings (SSSR count). The van der Waals surface area contributed by atoms with Crippen LogP contribution < -0.4 is 19.1 Å². The summed E-state index contributed by atoms with van der Waals surface area (Å²) in [7, 11) is 0. The Labute approximate surface area is 305 Å². The van der Waals surface area contributed by atoms with E-state index in [0.29, 0.717) is 49.1 Å². The molecule has 0 unspecified atom stereocenters. The van der Waals surface area contributed by atoms with E-state index in [1.807, 2.05) is 17.0 Å². The van der Waals surface area contributed by atoms with Crippen LogP contribution in [-0.2, 0) is 17.1 Å². The molecule has 2 amide bonds. The number of benzene rings is 1. The first kappa shape index (κ1) is 38.2. The summed E-state index contributed by atoms with van der Waals surface area (Å²) in [4.78, 5) is 37.1. The number of carbonyl (C=O) groups is 2. The number of pyridine rings is 1. The van der Waals surface area contributed by atoms with Gasteiger partial charge in [-0.1, -0.05) is 24.3 Å². The normalized spacial score (nSPS) is 21.5. The molecule has 1 N–H and O–H groups in total. The number of anilines is 1. The van der Waals surface area contributed by atoms with Gasteiger partial charge in [-0.3, -0.25) is 9.59 Å². The molecule has 0 saturated carbocycles. The Morgan fingerprint density at radius 2 is 1.79 bits per heavy atom. The van der Waals surface area contributed by atoms with Crippen molar-refractivity contribution < 1.29 is 55.2 Å². The highest BCUT2D eigenvalue weighted by molar-refractivity contribution is 7.10. The largest absolute Gasteiger partial charge is 0.489 e. The van der Waals surface area contributed by atoms with E-state index in [9.17, 15) is 41.0 Å². The summed E-state index contributed by atoms with van der Waals surface area (Å²) in [5.41, 5.74) is -3.29. The molecule has 5 heterocycles. The number of halogens is 6. The molecule has 0 aliphatic carbocycles. The number of nitrogens with zero attached hydrogens (tertiary/aromatic N) is 4. The number of thiophene rings is 1. The average molecular weight is 769 g/mol. The van der Waals surface area contributed by atoms with E-state index in [1.165, 1.54) is 4.90 Å². The van der Waals surface area contributed by atoms with E-state index in [4.69, 9.17) is 14.2 Å².